The van der Waals surface area contributed by atoms with E-state index in [9.17, 15) is 0 Å². The average molecular weight is 262 g/mol. The van der Waals surface area contributed by atoms with Crippen molar-refractivity contribution in [3.05, 3.63) is 29.8 Å². The summed E-state index contributed by atoms with van der Waals surface area (Å²) in [6.45, 7) is 11.1. The molecule has 0 saturated carbocycles. The maximum atomic E-state index is 3.57. The van der Waals surface area contributed by atoms with Crippen molar-refractivity contribution in [1.29, 1.82) is 0 Å². The van der Waals surface area contributed by atoms with Crippen LogP contribution in [0, 0.1) is 5.92 Å². The third-order valence-electron chi connectivity index (χ3n) is 3.70. The summed E-state index contributed by atoms with van der Waals surface area (Å²) in [6, 6.07) is 9.51. The predicted molar refractivity (Wildman–Crippen MR) is 86.0 cm³/mol. The second kappa shape index (κ2) is 8.21. The van der Waals surface area contributed by atoms with E-state index in [1.165, 1.54) is 11.3 Å². The summed E-state index contributed by atoms with van der Waals surface area (Å²) in [5.74, 6) is 0.714. The molecule has 1 unspecified atom stereocenters. The molecule has 0 aliphatic rings. The van der Waals surface area contributed by atoms with Crippen LogP contribution in [0.3, 0.4) is 0 Å². The summed E-state index contributed by atoms with van der Waals surface area (Å²) < 4.78 is 0. The van der Waals surface area contributed by atoms with Crippen LogP contribution in [0.2, 0.25) is 0 Å². The molecule has 1 atom stereocenters. The van der Waals surface area contributed by atoms with Crippen LogP contribution in [0.15, 0.2) is 24.3 Å². The zero-order valence-corrected chi connectivity index (χ0v) is 13.2. The van der Waals surface area contributed by atoms with E-state index in [-0.39, 0.29) is 0 Å². The molecule has 0 radical (unpaired) electrons. The number of likely N-dealkylation sites (N-methyl/N-ethyl adjacent to an activating group) is 1. The number of hydrogen-bond acceptors (Lipinski definition) is 2. The van der Waals surface area contributed by atoms with E-state index >= 15 is 0 Å². The molecule has 108 valence electrons. The summed E-state index contributed by atoms with van der Waals surface area (Å²) in [6.07, 6.45) is 2.27. The van der Waals surface area contributed by atoms with Crippen molar-refractivity contribution in [2.75, 3.05) is 25.0 Å². The molecule has 0 fully saturated rings. The molecule has 1 N–H and O–H groups in total. The molecular formula is C17H30N2. The van der Waals surface area contributed by atoms with Crippen LogP contribution >= 0.6 is 0 Å². The van der Waals surface area contributed by atoms with Gasteiger partial charge in [-0.3, -0.25) is 0 Å². The highest BCUT2D eigenvalue weighted by atomic mass is 15.2. The standard InChI is InChI=1S/C17H30N2/c1-6-15-8-10-17(11-9-15)19(5)16(7-2)13-18-12-14(3)4/h8-11,14,16,18H,6-7,12-13H2,1-5H3. The monoisotopic (exact) mass is 262 g/mol. The summed E-state index contributed by atoms with van der Waals surface area (Å²) in [4.78, 5) is 2.40. The number of benzene rings is 1. The molecule has 19 heavy (non-hydrogen) atoms. The van der Waals surface area contributed by atoms with Crippen molar-refractivity contribution in [3.8, 4) is 0 Å². The van der Waals surface area contributed by atoms with E-state index in [0.717, 1.165) is 25.9 Å². The fraction of sp³-hybridized carbons (Fsp3) is 0.647. The summed E-state index contributed by atoms with van der Waals surface area (Å²) in [5, 5.41) is 3.57. The van der Waals surface area contributed by atoms with Crippen molar-refractivity contribution in [2.24, 2.45) is 5.92 Å². The maximum Gasteiger partial charge on any atom is 0.0408 e. The van der Waals surface area contributed by atoms with Crippen LogP contribution in [0.25, 0.3) is 0 Å². The van der Waals surface area contributed by atoms with Gasteiger partial charge >= 0.3 is 0 Å². The molecule has 0 heterocycles. The Morgan fingerprint density at radius 2 is 1.68 bits per heavy atom. The molecule has 0 aliphatic carbocycles. The molecular weight excluding hydrogens is 232 g/mol. The van der Waals surface area contributed by atoms with Gasteiger partial charge in [-0.15, -0.1) is 0 Å². The van der Waals surface area contributed by atoms with Crippen molar-refractivity contribution >= 4 is 5.69 Å². The first kappa shape index (κ1) is 16.0. The van der Waals surface area contributed by atoms with Crippen LogP contribution in [0.5, 0.6) is 0 Å². The fourth-order valence-corrected chi connectivity index (χ4v) is 2.27. The Bertz CT molecular complexity index is 343. The smallest absolute Gasteiger partial charge is 0.0408 e. The van der Waals surface area contributed by atoms with Gasteiger partial charge in [0, 0.05) is 25.3 Å². The Hall–Kier alpha value is -1.02. The molecule has 2 nitrogen and oxygen atoms in total. The van der Waals surface area contributed by atoms with E-state index in [2.05, 4.69) is 69.2 Å². The Labute approximate surface area is 119 Å². The number of nitrogens with one attached hydrogen (secondary N) is 1. The number of anilines is 1. The normalized spacial score (nSPS) is 12.7. The lowest BCUT2D eigenvalue weighted by Crippen LogP contribution is -2.40. The van der Waals surface area contributed by atoms with Gasteiger partial charge in [0.15, 0.2) is 0 Å². The predicted octanol–water partition coefficient (Wildman–Crippen LogP) is 3.71. The molecule has 2 heteroatoms. The first-order valence-corrected chi connectivity index (χ1v) is 7.60. The molecule has 0 aliphatic heterocycles. The number of nitrogens with zero attached hydrogens (tertiary/aromatic N) is 1. The Morgan fingerprint density at radius 1 is 1.05 bits per heavy atom. The van der Waals surface area contributed by atoms with Crippen molar-refractivity contribution in [3.63, 3.8) is 0 Å². The SMILES string of the molecule is CCc1ccc(N(C)C(CC)CNCC(C)C)cc1. The maximum absolute atomic E-state index is 3.57. The lowest BCUT2D eigenvalue weighted by atomic mass is 10.1. The van der Waals surface area contributed by atoms with Gasteiger partial charge in [-0.1, -0.05) is 39.8 Å². The molecule has 0 aromatic heterocycles. The summed E-state index contributed by atoms with van der Waals surface area (Å²) in [5.41, 5.74) is 2.72. The third kappa shape index (κ3) is 5.23. The number of hydrogen-bond donors (Lipinski definition) is 1. The van der Waals surface area contributed by atoms with E-state index in [0.29, 0.717) is 12.0 Å². The van der Waals surface area contributed by atoms with Crippen molar-refractivity contribution in [1.82, 2.24) is 5.32 Å². The minimum absolute atomic E-state index is 0.561. The zero-order chi connectivity index (χ0) is 14.3. The van der Waals surface area contributed by atoms with Crippen LogP contribution in [-0.4, -0.2) is 26.2 Å². The van der Waals surface area contributed by atoms with E-state index in [1.807, 2.05) is 0 Å². The van der Waals surface area contributed by atoms with Gasteiger partial charge in [0.2, 0.25) is 0 Å². The molecule has 1 aromatic rings. The Kier molecular flexibility index (Phi) is 6.93. The van der Waals surface area contributed by atoms with Crippen LogP contribution in [0.4, 0.5) is 5.69 Å². The highest BCUT2D eigenvalue weighted by Gasteiger charge is 2.13. The lowest BCUT2D eigenvalue weighted by molar-refractivity contribution is 0.495. The highest BCUT2D eigenvalue weighted by molar-refractivity contribution is 5.47. The van der Waals surface area contributed by atoms with Gasteiger partial charge in [-0.2, -0.15) is 0 Å². The zero-order valence-electron chi connectivity index (χ0n) is 13.2. The van der Waals surface area contributed by atoms with Crippen LogP contribution in [-0.2, 0) is 6.42 Å². The Balaban J connectivity index is 2.58. The highest BCUT2D eigenvalue weighted by Crippen LogP contribution is 2.17. The van der Waals surface area contributed by atoms with Crippen LogP contribution in [0.1, 0.15) is 39.7 Å². The van der Waals surface area contributed by atoms with Gasteiger partial charge < -0.3 is 10.2 Å². The molecule has 1 aromatic carbocycles. The quantitative estimate of drug-likeness (QED) is 0.768. The first-order chi connectivity index (χ1) is 9.08. The third-order valence-corrected chi connectivity index (χ3v) is 3.70. The fourth-order valence-electron chi connectivity index (χ4n) is 2.27. The largest absolute Gasteiger partial charge is 0.370 e. The minimum atomic E-state index is 0.561. The van der Waals surface area contributed by atoms with Crippen molar-refractivity contribution < 1.29 is 0 Å². The first-order valence-electron chi connectivity index (χ1n) is 7.60. The summed E-state index contributed by atoms with van der Waals surface area (Å²) in [7, 11) is 2.20. The van der Waals surface area contributed by atoms with E-state index in [1.54, 1.807) is 0 Å². The van der Waals surface area contributed by atoms with Crippen LogP contribution < -0.4 is 10.2 Å². The second-order valence-electron chi connectivity index (χ2n) is 5.75. The van der Waals surface area contributed by atoms with Crippen molar-refractivity contribution in [2.45, 2.75) is 46.6 Å². The van der Waals surface area contributed by atoms with Gasteiger partial charge in [0.25, 0.3) is 0 Å². The van der Waals surface area contributed by atoms with Gasteiger partial charge in [0.05, 0.1) is 0 Å². The van der Waals surface area contributed by atoms with Gasteiger partial charge in [0.1, 0.15) is 0 Å². The van der Waals surface area contributed by atoms with Gasteiger partial charge in [-0.25, -0.2) is 0 Å². The molecule has 0 spiro atoms. The van der Waals surface area contributed by atoms with Gasteiger partial charge in [-0.05, 0) is 43.0 Å². The average Bonchev–Trinajstić information content (AvgIpc) is 2.43. The molecule has 0 bridgehead atoms. The number of rotatable bonds is 8. The minimum Gasteiger partial charge on any atom is -0.370 e. The molecule has 1 rings (SSSR count). The summed E-state index contributed by atoms with van der Waals surface area (Å²) >= 11 is 0. The van der Waals surface area contributed by atoms with E-state index in [4.69, 9.17) is 0 Å². The second-order valence-corrected chi connectivity index (χ2v) is 5.75. The molecule has 0 saturated heterocycles. The Morgan fingerprint density at radius 3 is 2.16 bits per heavy atom. The number of aryl methyl sites for hydroxylation is 1. The molecule has 0 amide bonds. The topological polar surface area (TPSA) is 15.3 Å². The lowest BCUT2D eigenvalue weighted by Gasteiger charge is -2.30. The van der Waals surface area contributed by atoms with E-state index < -0.39 is 0 Å².